The number of carboxylic acids is 2. The predicted molar refractivity (Wildman–Crippen MR) is 75.3 cm³/mol. The average molecular weight is 296 g/mol. The van der Waals surface area contributed by atoms with Crippen LogP contribution >= 0.6 is 0 Å². The van der Waals surface area contributed by atoms with Crippen molar-refractivity contribution in [3.63, 3.8) is 0 Å². The van der Waals surface area contributed by atoms with Gasteiger partial charge in [0.25, 0.3) is 0 Å². The number of carboxylic acid groups (broad SMARTS) is 2. The second-order valence-corrected chi connectivity index (χ2v) is 5.81. The van der Waals surface area contributed by atoms with E-state index in [-0.39, 0.29) is 0 Å². The van der Waals surface area contributed by atoms with E-state index in [9.17, 15) is 19.8 Å². The third kappa shape index (κ3) is 1.51. The summed E-state index contributed by atoms with van der Waals surface area (Å²) in [5.41, 5.74) is 2.72. The molecule has 1 aromatic heterocycles. The Morgan fingerprint density at radius 1 is 0.864 bits per heavy atom. The minimum Gasteiger partial charge on any atom is -0.481 e. The monoisotopic (exact) mass is 296 g/mol. The van der Waals surface area contributed by atoms with E-state index in [4.69, 9.17) is 0 Å². The Morgan fingerprint density at radius 3 is 2.18 bits per heavy atom. The summed E-state index contributed by atoms with van der Waals surface area (Å²) < 4.78 is 1.92. The zero-order chi connectivity index (χ0) is 15.4. The maximum Gasteiger partial charge on any atom is 0.314 e. The van der Waals surface area contributed by atoms with E-state index >= 15 is 0 Å². The van der Waals surface area contributed by atoms with E-state index in [1.165, 1.54) is 0 Å². The van der Waals surface area contributed by atoms with Crippen LogP contribution in [0.4, 0.5) is 0 Å². The van der Waals surface area contributed by atoms with Gasteiger partial charge in [0.15, 0.2) is 17.9 Å². The summed E-state index contributed by atoms with van der Waals surface area (Å²) in [5.74, 6) is -4.44. The molecule has 1 aromatic carbocycles. The Bertz CT molecular complexity index is 687. The van der Waals surface area contributed by atoms with Gasteiger partial charge in [0.1, 0.15) is 5.92 Å². The van der Waals surface area contributed by atoms with Gasteiger partial charge >= 0.3 is 11.9 Å². The van der Waals surface area contributed by atoms with Crippen molar-refractivity contribution in [3.05, 3.63) is 65.5 Å². The number of nitrogens with zero attached hydrogens (tertiary/aromatic N) is 1. The molecule has 2 bridgehead atoms. The lowest BCUT2D eigenvalue weighted by atomic mass is 9.62. The predicted octanol–water partition coefficient (Wildman–Crippen LogP) is 1.42. The summed E-state index contributed by atoms with van der Waals surface area (Å²) in [7, 11) is 0. The molecular formula is C17H14NO4+. The van der Waals surface area contributed by atoms with Crippen molar-refractivity contribution in [3.8, 4) is 0 Å². The van der Waals surface area contributed by atoms with E-state index < -0.39 is 35.7 Å². The van der Waals surface area contributed by atoms with Crippen molar-refractivity contribution < 1.29 is 24.4 Å². The lowest BCUT2D eigenvalue weighted by molar-refractivity contribution is -0.737. The molecule has 5 rings (SSSR count). The van der Waals surface area contributed by atoms with Crippen LogP contribution in [0.1, 0.15) is 28.8 Å². The Kier molecular flexibility index (Phi) is 2.60. The van der Waals surface area contributed by atoms with E-state index in [1.54, 1.807) is 0 Å². The molecule has 22 heavy (non-hydrogen) atoms. The van der Waals surface area contributed by atoms with Gasteiger partial charge in [-0.25, -0.2) is 0 Å². The molecule has 3 heterocycles. The Labute approximate surface area is 126 Å². The molecule has 0 saturated carbocycles. The zero-order valence-electron chi connectivity index (χ0n) is 11.6. The number of hydrogen-bond acceptors (Lipinski definition) is 2. The molecule has 4 unspecified atom stereocenters. The normalized spacial score (nSPS) is 27.8. The molecule has 0 saturated heterocycles. The standard InChI is InChI=1S/C17H13NO4/c19-16(20)13-12-9-5-1-2-6-10(9)15(14(13)17(21)22)18-8-4-3-7-11(12)18/h1-8,12-15H,(H-,19,20,21,22)/p+1. The van der Waals surface area contributed by atoms with Crippen LogP contribution in [0.2, 0.25) is 0 Å². The van der Waals surface area contributed by atoms with Gasteiger partial charge in [-0.3, -0.25) is 9.59 Å². The van der Waals surface area contributed by atoms with E-state index in [0.29, 0.717) is 0 Å². The summed E-state index contributed by atoms with van der Waals surface area (Å²) in [6.07, 6.45) is 1.84. The second kappa shape index (κ2) is 4.40. The highest BCUT2D eigenvalue weighted by atomic mass is 16.4. The maximum atomic E-state index is 11.8. The van der Waals surface area contributed by atoms with Gasteiger partial charge in [0.2, 0.25) is 0 Å². The number of aromatic nitrogens is 1. The molecule has 5 heteroatoms. The van der Waals surface area contributed by atoms with Crippen molar-refractivity contribution >= 4 is 11.9 Å². The van der Waals surface area contributed by atoms with Crippen LogP contribution in [0, 0.1) is 11.8 Å². The fourth-order valence-corrected chi connectivity index (χ4v) is 4.09. The van der Waals surface area contributed by atoms with Gasteiger partial charge in [0.05, 0.1) is 11.8 Å². The third-order valence-electron chi connectivity index (χ3n) is 4.85. The van der Waals surface area contributed by atoms with Crippen molar-refractivity contribution in [1.82, 2.24) is 0 Å². The lowest BCUT2D eigenvalue weighted by Crippen LogP contribution is -2.62. The zero-order valence-corrected chi connectivity index (χ0v) is 11.6. The largest absolute Gasteiger partial charge is 0.481 e. The number of fused-ring (bicyclic) bond motifs is 1. The molecule has 2 aliphatic heterocycles. The van der Waals surface area contributed by atoms with Gasteiger partial charge in [-0.15, -0.1) is 0 Å². The first-order valence-electron chi connectivity index (χ1n) is 7.15. The molecule has 0 spiro atoms. The van der Waals surface area contributed by atoms with Crippen LogP contribution in [0.15, 0.2) is 48.7 Å². The molecule has 0 amide bonds. The first kappa shape index (κ1) is 13.0. The average Bonchev–Trinajstić information content (AvgIpc) is 2.53. The van der Waals surface area contributed by atoms with Crippen molar-refractivity contribution in [2.45, 2.75) is 12.0 Å². The quantitative estimate of drug-likeness (QED) is 0.822. The topological polar surface area (TPSA) is 78.5 Å². The van der Waals surface area contributed by atoms with E-state index in [0.717, 1.165) is 16.8 Å². The summed E-state index contributed by atoms with van der Waals surface area (Å²) in [6, 6.07) is 12.7. The van der Waals surface area contributed by atoms with Gasteiger partial charge in [-0.2, -0.15) is 4.57 Å². The number of rotatable bonds is 2. The smallest absolute Gasteiger partial charge is 0.314 e. The molecule has 0 fully saturated rings. The number of hydrogen-bond donors (Lipinski definition) is 2. The fraction of sp³-hybridized carbons (Fsp3) is 0.235. The summed E-state index contributed by atoms with van der Waals surface area (Å²) in [5, 5.41) is 19.3. The number of carbonyl (C=O) groups is 2. The lowest BCUT2D eigenvalue weighted by Gasteiger charge is -2.42. The van der Waals surface area contributed by atoms with Gasteiger partial charge in [-0.1, -0.05) is 30.3 Å². The Hall–Kier alpha value is -2.69. The molecule has 1 aliphatic carbocycles. The fourth-order valence-electron chi connectivity index (χ4n) is 4.09. The summed E-state index contributed by atoms with van der Waals surface area (Å²) in [4.78, 5) is 23.6. The molecule has 5 nitrogen and oxygen atoms in total. The SMILES string of the molecule is O=C(O)C1C2c3ccccc3C(C1C(=O)O)[n+]1ccccc12. The number of pyridine rings is 1. The molecule has 110 valence electrons. The molecule has 2 N–H and O–H groups in total. The Morgan fingerprint density at radius 2 is 1.50 bits per heavy atom. The van der Waals surface area contributed by atoms with E-state index in [1.807, 2.05) is 53.2 Å². The number of aliphatic carboxylic acids is 2. The van der Waals surface area contributed by atoms with Crippen LogP contribution in [0.5, 0.6) is 0 Å². The Balaban J connectivity index is 2.06. The first-order chi connectivity index (χ1) is 10.6. The first-order valence-corrected chi connectivity index (χ1v) is 7.15. The van der Waals surface area contributed by atoms with E-state index in [2.05, 4.69) is 0 Å². The molecule has 2 aromatic rings. The van der Waals surface area contributed by atoms with Crippen molar-refractivity contribution in [2.24, 2.45) is 11.8 Å². The molecular weight excluding hydrogens is 282 g/mol. The highest BCUT2D eigenvalue weighted by molar-refractivity contribution is 5.83. The second-order valence-electron chi connectivity index (χ2n) is 5.81. The molecule has 0 radical (unpaired) electrons. The van der Waals surface area contributed by atoms with Gasteiger partial charge in [-0.05, 0) is 5.56 Å². The molecule has 4 atom stereocenters. The summed E-state index contributed by atoms with van der Waals surface area (Å²) in [6.45, 7) is 0. The maximum absolute atomic E-state index is 11.8. The van der Waals surface area contributed by atoms with Crippen molar-refractivity contribution in [2.75, 3.05) is 0 Å². The highest BCUT2D eigenvalue weighted by Gasteiger charge is 2.60. The highest BCUT2D eigenvalue weighted by Crippen LogP contribution is 2.51. The van der Waals surface area contributed by atoms with Crippen LogP contribution in [0.3, 0.4) is 0 Å². The minimum absolute atomic E-state index is 0.430. The van der Waals surface area contributed by atoms with Crippen LogP contribution in [-0.2, 0) is 9.59 Å². The van der Waals surface area contributed by atoms with Crippen LogP contribution in [0.25, 0.3) is 0 Å². The van der Waals surface area contributed by atoms with Crippen molar-refractivity contribution in [1.29, 1.82) is 0 Å². The van der Waals surface area contributed by atoms with Crippen LogP contribution in [-0.4, -0.2) is 22.2 Å². The van der Waals surface area contributed by atoms with Gasteiger partial charge < -0.3 is 10.2 Å². The molecule has 3 aliphatic rings. The third-order valence-corrected chi connectivity index (χ3v) is 4.85. The summed E-state index contributed by atoms with van der Waals surface area (Å²) >= 11 is 0. The number of benzene rings is 1. The van der Waals surface area contributed by atoms with Crippen LogP contribution < -0.4 is 4.57 Å². The van der Waals surface area contributed by atoms with Gasteiger partial charge in [0, 0.05) is 17.7 Å². The minimum atomic E-state index is -1.06.